The van der Waals surface area contributed by atoms with Crippen molar-refractivity contribution >= 4 is 17.7 Å². The van der Waals surface area contributed by atoms with Gasteiger partial charge in [-0.3, -0.25) is 9.89 Å². The second kappa shape index (κ2) is 6.89. The molecule has 0 fully saturated rings. The van der Waals surface area contributed by atoms with Crippen molar-refractivity contribution in [2.75, 3.05) is 6.26 Å². The quantitative estimate of drug-likeness (QED) is 0.647. The number of aryl methyl sites for hydroxylation is 1. The maximum atomic E-state index is 13.1. The van der Waals surface area contributed by atoms with Crippen LogP contribution in [0.2, 0.25) is 0 Å². The number of thioether (sulfide) groups is 1. The van der Waals surface area contributed by atoms with E-state index in [-0.39, 0.29) is 18.0 Å². The first-order valence-electron chi connectivity index (χ1n) is 9.13. The van der Waals surface area contributed by atoms with Gasteiger partial charge in [0.05, 0.1) is 11.7 Å². The highest BCUT2D eigenvalue weighted by Gasteiger charge is 2.43. The Hall–Kier alpha value is -2.53. The van der Waals surface area contributed by atoms with Crippen LogP contribution in [0.5, 0.6) is 0 Å². The van der Waals surface area contributed by atoms with Crippen molar-refractivity contribution in [3.8, 4) is 11.3 Å². The van der Waals surface area contributed by atoms with E-state index in [4.69, 9.17) is 0 Å². The van der Waals surface area contributed by atoms with Crippen molar-refractivity contribution in [2.24, 2.45) is 0 Å². The van der Waals surface area contributed by atoms with Gasteiger partial charge >= 0.3 is 0 Å². The summed E-state index contributed by atoms with van der Waals surface area (Å²) in [5, 5.41) is 7.53. The second-order valence-corrected chi connectivity index (χ2v) is 8.09. The number of nitrogens with one attached hydrogen (secondary N) is 1. The predicted molar refractivity (Wildman–Crippen MR) is 110 cm³/mol. The summed E-state index contributed by atoms with van der Waals surface area (Å²) in [5.74, 6) is 0.0183. The van der Waals surface area contributed by atoms with Crippen molar-refractivity contribution in [3.63, 3.8) is 0 Å². The fraction of sp³-hybridized carbons (Fsp3) is 0.273. The molecule has 1 atom stereocenters. The topological polar surface area (TPSA) is 49.0 Å². The molecule has 3 aromatic rings. The summed E-state index contributed by atoms with van der Waals surface area (Å²) in [6.45, 7) is 6.19. The summed E-state index contributed by atoms with van der Waals surface area (Å²) in [6.07, 6.45) is 2.07. The number of H-pyrrole nitrogens is 1. The minimum Gasteiger partial charge on any atom is -0.324 e. The summed E-state index contributed by atoms with van der Waals surface area (Å²) in [6, 6.07) is 16.8. The van der Waals surface area contributed by atoms with Crippen molar-refractivity contribution in [2.45, 2.75) is 37.8 Å². The number of fused-ring (bicyclic) bond motifs is 1. The molecule has 1 unspecified atom stereocenters. The first-order valence-corrected chi connectivity index (χ1v) is 10.4. The van der Waals surface area contributed by atoms with E-state index >= 15 is 0 Å². The molecule has 1 aromatic heterocycles. The van der Waals surface area contributed by atoms with Crippen LogP contribution in [0.4, 0.5) is 0 Å². The lowest BCUT2D eigenvalue weighted by atomic mass is 9.95. The number of hydrogen-bond donors (Lipinski definition) is 1. The van der Waals surface area contributed by atoms with Gasteiger partial charge < -0.3 is 4.90 Å². The molecule has 4 nitrogen and oxygen atoms in total. The summed E-state index contributed by atoms with van der Waals surface area (Å²) in [5.41, 5.74) is 5.80. The number of nitrogens with zero attached hydrogens (tertiary/aromatic N) is 2. The largest absolute Gasteiger partial charge is 0.324 e. The predicted octanol–water partition coefficient (Wildman–Crippen LogP) is 5.06. The number of rotatable bonds is 4. The standard InChI is InChI=1S/C22H23N3OS/c1-13(2)25-21(16-9-11-17(27-4)12-10-16)18-19(23-24-20(18)22(25)26)15-7-5-14(3)6-8-15/h5-13,21H,1-4H3,(H,23,24). The molecule has 0 aliphatic carbocycles. The third-order valence-electron chi connectivity index (χ3n) is 5.12. The number of amides is 1. The smallest absolute Gasteiger partial charge is 0.273 e. The van der Waals surface area contributed by atoms with Crippen molar-refractivity contribution < 1.29 is 4.79 Å². The first kappa shape index (κ1) is 17.9. The Morgan fingerprint density at radius 1 is 1.07 bits per heavy atom. The van der Waals surface area contributed by atoms with E-state index in [1.165, 1.54) is 10.5 Å². The molecule has 27 heavy (non-hydrogen) atoms. The number of benzene rings is 2. The third kappa shape index (κ3) is 2.96. The van der Waals surface area contributed by atoms with Crippen molar-refractivity contribution in [3.05, 3.63) is 70.9 Å². The maximum absolute atomic E-state index is 13.1. The fourth-order valence-corrected chi connectivity index (χ4v) is 4.15. The van der Waals surface area contributed by atoms with Crippen LogP contribution in [0.3, 0.4) is 0 Å². The Morgan fingerprint density at radius 3 is 2.33 bits per heavy atom. The van der Waals surface area contributed by atoms with Crippen LogP contribution in [-0.2, 0) is 0 Å². The lowest BCUT2D eigenvalue weighted by Gasteiger charge is -2.30. The molecule has 1 amide bonds. The number of carbonyl (C=O) groups is 1. The molecule has 1 aliphatic heterocycles. The molecule has 0 saturated heterocycles. The highest BCUT2D eigenvalue weighted by Crippen LogP contribution is 2.43. The molecule has 138 valence electrons. The molecule has 2 heterocycles. The molecule has 4 rings (SSSR count). The monoisotopic (exact) mass is 377 g/mol. The Balaban J connectivity index is 1.88. The average molecular weight is 378 g/mol. The van der Waals surface area contributed by atoms with Gasteiger partial charge in [0.25, 0.3) is 5.91 Å². The lowest BCUT2D eigenvalue weighted by Crippen LogP contribution is -2.35. The van der Waals surface area contributed by atoms with Gasteiger partial charge in [-0.1, -0.05) is 42.0 Å². The van der Waals surface area contributed by atoms with Gasteiger partial charge in [0.15, 0.2) is 0 Å². The molecule has 5 heteroatoms. The van der Waals surface area contributed by atoms with Crippen LogP contribution in [0.15, 0.2) is 53.4 Å². The SMILES string of the molecule is CSc1ccc(C2c3c(-c4ccc(C)cc4)n[nH]c3C(=O)N2C(C)C)cc1. The maximum Gasteiger partial charge on any atom is 0.273 e. The van der Waals surface area contributed by atoms with Crippen LogP contribution >= 0.6 is 11.8 Å². The minimum absolute atomic E-state index is 0.0183. The average Bonchev–Trinajstić information content (AvgIpc) is 3.22. The summed E-state index contributed by atoms with van der Waals surface area (Å²) < 4.78 is 0. The van der Waals surface area contributed by atoms with E-state index in [9.17, 15) is 4.79 Å². The van der Waals surface area contributed by atoms with E-state index in [1.54, 1.807) is 11.8 Å². The normalized spacial score (nSPS) is 16.3. The van der Waals surface area contributed by atoms with Crippen molar-refractivity contribution in [1.82, 2.24) is 15.1 Å². The molecule has 0 spiro atoms. The Kier molecular flexibility index (Phi) is 4.56. The summed E-state index contributed by atoms with van der Waals surface area (Å²) >= 11 is 1.72. The highest BCUT2D eigenvalue weighted by molar-refractivity contribution is 7.98. The summed E-state index contributed by atoms with van der Waals surface area (Å²) in [7, 11) is 0. The van der Waals surface area contributed by atoms with Gasteiger partial charge in [-0.2, -0.15) is 5.10 Å². The van der Waals surface area contributed by atoms with E-state index in [0.29, 0.717) is 5.69 Å². The van der Waals surface area contributed by atoms with E-state index < -0.39 is 0 Å². The third-order valence-corrected chi connectivity index (χ3v) is 5.86. The molecular formula is C22H23N3OS. The molecule has 2 aromatic carbocycles. The first-order chi connectivity index (χ1) is 13.0. The molecule has 0 saturated carbocycles. The van der Waals surface area contributed by atoms with Gasteiger partial charge in [-0.15, -0.1) is 11.8 Å². The number of carbonyl (C=O) groups excluding carboxylic acids is 1. The van der Waals surface area contributed by atoms with Crippen LogP contribution < -0.4 is 0 Å². The number of aromatic amines is 1. The van der Waals surface area contributed by atoms with Crippen LogP contribution in [0, 0.1) is 6.92 Å². The zero-order chi connectivity index (χ0) is 19.1. The van der Waals surface area contributed by atoms with Gasteiger partial charge in [0.1, 0.15) is 5.69 Å². The molecular weight excluding hydrogens is 354 g/mol. The van der Waals surface area contributed by atoms with Gasteiger partial charge in [-0.05, 0) is 44.7 Å². The Labute approximate surface area is 164 Å². The van der Waals surface area contributed by atoms with Gasteiger partial charge in [0.2, 0.25) is 0 Å². The van der Waals surface area contributed by atoms with Gasteiger partial charge in [-0.25, -0.2) is 0 Å². The lowest BCUT2D eigenvalue weighted by molar-refractivity contribution is 0.0688. The highest BCUT2D eigenvalue weighted by atomic mass is 32.2. The molecule has 1 aliphatic rings. The van der Waals surface area contributed by atoms with Crippen molar-refractivity contribution in [1.29, 1.82) is 0 Å². The van der Waals surface area contributed by atoms with Gasteiger partial charge in [0, 0.05) is 22.1 Å². The summed E-state index contributed by atoms with van der Waals surface area (Å²) in [4.78, 5) is 16.3. The minimum atomic E-state index is -0.126. The number of hydrogen-bond acceptors (Lipinski definition) is 3. The molecule has 0 bridgehead atoms. The zero-order valence-electron chi connectivity index (χ0n) is 16.0. The fourth-order valence-electron chi connectivity index (χ4n) is 3.74. The van der Waals surface area contributed by atoms with E-state index in [1.807, 2.05) is 4.90 Å². The van der Waals surface area contributed by atoms with E-state index in [2.05, 4.69) is 85.8 Å². The van der Waals surface area contributed by atoms with Crippen LogP contribution in [-0.4, -0.2) is 33.3 Å². The van der Waals surface area contributed by atoms with Crippen LogP contribution in [0.25, 0.3) is 11.3 Å². The molecule has 1 N–H and O–H groups in total. The number of aromatic nitrogens is 2. The molecule has 0 radical (unpaired) electrons. The Bertz CT molecular complexity index is 974. The zero-order valence-corrected chi connectivity index (χ0v) is 16.8. The van der Waals surface area contributed by atoms with Crippen LogP contribution in [0.1, 0.15) is 47.1 Å². The van der Waals surface area contributed by atoms with E-state index in [0.717, 1.165) is 22.4 Å². The Morgan fingerprint density at radius 2 is 1.74 bits per heavy atom. The second-order valence-electron chi connectivity index (χ2n) is 7.21.